The van der Waals surface area contributed by atoms with Crippen molar-refractivity contribution in [2.24, 2.45) is 0 Å². The number of carbonyl (C=O) groups is 1. The number of benzene rings is 1. The van der Waals surface area contributed by atoms with Gasteiger partial charge in [-0.2, -0.15) is 5.10 Å². The Bertz CT molecular complexity index is 1240. The summed E-state index contributed by atoms with van der Waals surface area (Å²) in [7, 11) is 0. The quantitative estimate of drug-likeness (QED) is 0.534. The lowest BCUT2D eigenvalue weighted by atomic mass is 9.75. The van der Waals surface area contributed by atoms with Gasteiger partial charge in [0.25, 0.3) is 5.91 Å². The van der Waals surface area contributed by atoms with Gasteiger partial charge in [0.1, 0.15) is 0 Å². The fourth-order valence-electron chi connectivity index (χ4n) is 4.64. The number of hydrogen-bond acceptors (Lipinski definition) is 4. The number of nitrogens with zero attached hydrogens (tertiary/aromatic N) is 5. The molecule has 1 saturated heterocycles. The van der Waals surface area contributed by atoms with Gasteiger partial charge in [-0.15, -0.1) is 0 Å². The van der Waals surface area contributed by atoms with Gasteiger partial charge in [0, 0.05) is 65.8 Å². The van der Waals surface area contributed by atoms with E-state index >= 15 is 0 Å². The standard InChI is InChI=1S/C23H19N5O/c29-22(16-5-8-24-9-6-16)27-14-23(15-27)7-10-28-21(23)12-20(26-28)18-11-17-3-1-2-4-19(17)25-13-18/h1-6,8-9,11-13H,7,10,14-15H2. The van der Waals surface area contributed by atoms with Crippen molar-refractivity contribution in [3.63, 3.8) is 0 Å². The number of aromatic nitrogens is 4. The zero-order valence-electron chi connectivity index (χ0n) is 15.8. The number of pyridine rings is 2. The molecular weight excluding hydrogens is 362 g/mol. The fraction of sp³-hybridized carbons (Fsp3) is 0.217. The molecule has 1 spiro atoms. The van der Waals surface area contributed by atoms with Crippen LogP contribution in [0.2, 0.25) is 0 Å². The first-order valence-electron chi connectivity index (χ1n) is 9.85. The molecule has 1 aromatic carbocycles. The molecule has 6 rings (SSSR count). The van der Waals surface area contributed by atoms with Gasteiger partial charge in [-0.25, -0.2) is 0 Å². The van der Waals surface area contributed by atoms with Gasteiger partial charge in [-0.05, 0) is 36.8 Å². The number of carbonyl (C=O) groups excluding carboxylic acids is 1. The molecule has 0 atom stereocenters. The van der Waals surface area contributed by atoms with Crippen LogP contribution >= 0.6 is 0 Å². The minimum Gasteiger partial charge on any atom is -0.337 e. The van der Waals surface area contributed by atoms with Crippen LogP contribution < -0.4 is 0 Å². The SMILES string of the molecule is O=C(c1ccncc1)N1CC2(CCn3nc(-c4cnc5ccccc5c4)cc32)C1. The molecular formula is C23H19N5O. The van der Waals surface area contributed by atoms with Crippen LogP contribution in [0.5, 0.6) is 0 Å². The molecule has 3 aromatic heterocycles. The van der Waals surface area contributed by atoms with Gasteiger partial charge in [0.2, 0.25) is 0 Å². The zero-order chi connectivity index (χ0) is 19.4. The predicted octanol–water partition coefficient (Wildman–Crippen LogP) is 3.29. The molecule has 6 heteroatoms. The Morgan fingerprint density at radius 1 is 1.03 bits per heavy atom. The lowest BCUT2D eigenvalue weighted by Gasteiger charge is -2.47. The zero-order valence-corrected chi connectivity index (χ0v) is 15.8. The van der Waals surface area contributed by atoms with Crippen molar-refractivity contribution in [2.45, 2.75) is 18.4 Å². The van der Waals surface area contributed by atoms with Crippen LogP contribution in [-0.4, -0.2) is 43.6 Å². The van der Waals surface area contributed by atoms with Crippen molar-refractivity contribution in [3.8, 4) is 11.3 Å². The Labute approximate surface area is 167 Å². The molecule has 0 radical (unpaired) electrons. The molecule has 0 unspecified atom stereocenters. The Hall–Kier alpha value is -3.54. The van der Waals surface area contributed by atoms with Gasteiger partial charge in [0.05, 0.1) is 11.2 Å². The van der Waals surface area contributed by atoms with E-state index in [1.165, 1.54) is 5.69 Å². The highest BCUT2D eigenvalue weighted by atomic mass is 16.2. The highest BCUT2D eigenvalue weighted by Crippen LogP contribution is 2.44. The van der Waals surface area contributed by atoms with Gasteiger partial charge in [-0.1, -0.05) is 18.2 Å². The van der Waals surface area contributed by atoms with Crippen LogP contribution in [0.1, 0.15) is 22.5 Å². The smallest absolute Gasteiger partial charge is 0.254 e. The number of fused-ring (bicyclic) bond motifs is 3. The number of hydrogen-bond donors (Lipinski definition) is 0. The molecule has 0 saturated carbocycles. The highest BCUT2D eigenvalue weighted by Gasteiger charge is 2.51. The van der Waals surface area contributed by atoms with E-state index in [1.54, 1.807) is 24.5 Å². The largest absolute Gasteiger partial charge is 0.337 e. The number of likely N-dealkylation sites (tertiary alicyclic amines) is 1. The van der Waals surface area contributed by atoms with E-state index in [2.05, 4.69) is 32.8 Å². The van der Waals surface area contributed by atoms with Crippen molar-refractivity contribution in [1.82, 2.24) is 24.6 Å². The normalized spacial score (nSPS) is 16.8. The predicted molar refractivity (Wildman–Crippen MR) is 109 cm³/mol. The second-order valence-corrected chi connectivity index (χ2v) is 7.98. The third kappa shape index (κ3) is 2.49. The third-order valence-electron chi connectivity index (χ3n) is 6.21. The molecule has 4 aromatic rings. The summed E-state index contributed by atoms with van der Waals surface area (Å²) in [6.45, 7) is 2.39. The monoisotopic (exact) mass is 381 g/mol. The number of aryl methyl sites for hydroxylation is 1. The van der Waals surface area contributed by atoms with Gasteiger partial charge in [-0.3, -0.25) is 19.4 Å². The van der Waals surface area contributed by atoms with E-state index in [9.17, 15) is 4.79 Å². The van der Waals surface area contributed by atoms with Gasteiger partial charge >= 0.3 is 0 Å². The van der Waals surface area contributed by atoms with Crippen LogP contribution in [-0.2, 0) is 12.0 Å². The molecule has 2 aliphatic heterocycles. The molecule has 5 heterocycles. The number of rotatable bonds is 2. The lowest BCUT2D eigenvalue weighted by Crippen LogP contribution is -2.60. The maximum Gasteiger partial charge on any atom is 0.254 e. The van der Waals surface area contributed by atoms with E-state index in [0.717, 1.165) is 48.2 Å². The molecule has 0 bridgehead atoms. The summed E-state index contributed by atoms with van der Waals surface area (Å²) in [6.07, 6.45) is 6.26. The minimum absolute atomic E-state index is 0.0260. The second-order valence-electron chi connectivity index (χ2n) is 7.98. The van der Waals surface area contributed by atoms with Crippen molar-refractivity contribution < 1.29 is 4.79 Å². The van der Waals surface area contributed by atoms with E-state index in [4.69, 9.17) is 5.10 Å². The maximum absolute atomic E-state index is 12.7. The first-order chi connectivity index (χ1) is 14.2. The summed E-state index contributed by atoms with van der Waals surface area (Å²) in [5, 5.41) is 5.95. The van der Waals surface area contributed by atoms with Gasteiger partial charge in [0.15, 0.2) is 0 Å². The summed E-state index contributed by atoms with van der Waals surface area (Å²) in [4.78, 5) is 23.2. The van der Waals surface area contributed by atoms with Crippen LogP contribution in [0.3, 0.4) is 0 Å². The Balaban J connectivity index is 1.28. The van der Waals surface area contributed by atoms with Crippen molar-refractivity contribution in [3.05, 3.63) is 78.4 Å². The average molecular weight is 381 g/mol. The van der Waals surface area contributed by atoms with Crippen molar-refractivity contribution in [2.75, 3.05) is 13.1 Å². The van der Waals surface area contributed by atoms with Crippen LogP contribution in [0.4, 0.5) is 0 Å². The lowest BCUT2D eigenvalue weighted by molar-refractivity contribution is 0.0391. The number of para-hydroxylation sites is 1. The first-order valence-corrected chi connectivity index (χ1v) is 9.85. The summed E-state index contributed by atoms with van der Waals surface area (Å²) < 4.78 is 2.11. The summed E-state index contributed by atoms with van der Waals surface area (Å²) >= 11 is 0. The maximum atomic E-state index is 12.7. The number of amides is 1. The molecule has 142 valence electrons. The topological polar surface area (TPSA) is 63.9 Å². The van der Waals surface area contributed by atoms with E-state index in [1.807, 2.05) is 29.3 Å². The second kappa shape index (κ2) is 5.98. The van der Waals surface area contributed by atoms with E-state index < -0.39 is 0 Å². The van der Waals surface area contributed by atoms with Crippen molar-refractivity contribution in [1.29, 1.82) is 0 Å². The molecule has 0 aliphatic carbocycles. The Morgan fingerprint density at radius 2 is 1.86 bits per heavy atom. The molecule has 0 N–H and O–H groups in total. The molecule has 6 nitrogen and oxygen atoms in total. The third-order valence-corrected chi connectivity index (χ3v) is 6.21. The fourth-order valence-corrected chi connectivity index (χ4v) is 4.64. The summed E-state index contributed by atoms with van der Waals surface area (Å²) in [6, 6.07) is 16.0. The van der Waals surface area contributed by atoms with Crippen LogP contribution in [0.15, 0.2) is 67.1 Å². The van der Waals surface area contributed by atoms with Crippen molar-refractivity contribution >= 4 is 16.8 Å². The van der Waals surface area contributed by atoms with Crippen LogP contribution in [0.25, 0.3) is 22.2 Å². The Kier molecular flexibility index (Phi) is 3.38. The van der Waals surface area contributed by atoms with E-state index in [-0.39, 0.29) is 11.3 Å². The highest BCUT2D eigenvalue weighted by molar-refractivity contribution is 5.95. The molecule has 1 amide bonds. The molecule has 2 aliphatic rings. The molecule has 1 fully saturated rings. The average Bonchev–Trinajstić information content (AvgIpc) is 3.32. The minimum atomic E-state index is 0.0260. The molecule has 29 heavy (non-hydrogen) atoms. The van der Waals surface area contributed by atoms with Crippen LogP contribution in [0, 0.1) is 0 Å². The van der Waals surface area contributed by atoms with E-state index in [0.29, 0.717) is 5.56 Å². The summed E-state index contributed by atoms with van der Waals surface area (Å²) in [5.41, 5.74) is 4.94. The van der Waals surface area contributed by atoms with Gasteiger partial charge < -0.3 is 4.90 Å². The first kappa shape index (κ1) is 16.4. The Morgan fingerprint density at radius 3 is 2.72 bits per heavy atom. The summed E-state index contributed by atoms with van der Waals surface area (Å²) in [5.74, 6) is 0.0787.